The molecule has 1 atom stereocenters. The number of nitro groups is 1. The summed E-state index contributed by atoms with van der Waals surface area (Å²) < 4.78 is 15.8. The summed E-state index contributed by atoms with van der Waals surface area (Å²) in [5.41, 5.74) is 0.826. The van der Waals surface area contributed by atoms with Gasteiger partial charge in [-0.15, -0.1) is 0 Å². The number of methoxy groups -OCH3 is 1. The van der Waals surface area contributed by atoms with Crippen molar-refractivity contribution in [2.75, 3.05) is 7.11 Å². The molecule has 3 aromatic rings. The highest BCUT2D eigenvalue weighted by atomic mass is 16.6. The molecule has 1 unspecified atom stereocenters. The van der Waals surface area contributed by atoms with Crippen LogP contribution in [0, 0.1) is 17.0 Å². The zero-order chi connectivity index (χ0) is 26.4. The Bertz CT molecular complexity index is 1350. The van der Waals surface area contributed by atoms with Gasteiger partial charge in [0.15, 0.2) is 0 Å². The Morgan fingerprint density at radius 1 is 1.17 bits per heavy atom. The number of carbonyl (C=O) groups is 2. The first-order chi connectivity index (χ1) is 17.1. The van der Waals surface area contributed by atoms with Crippen LogP contribution in [-0.4, -0.2) is 30.0 Å². The Hall–Kier alpha value is -4.21. The first-order valence-corrected chi connectivity index (χ1v) is 11.4. The van der Waals surface area contributed by atoms with Crippen molar-refractivity contribution < 1.29 is 28.4 Å². The summed E-state index contributed by atoms with van der Waals surface area (Å²) in [7, 11) is 1.51. The third kappa shape index (κ3) is 6.26. The maximum atomic E-state index is 12.9. The zero-order valence-corrected chi connectivity index (χ0v) is 20.5. The molecule has 0 saturated carbocycles. The number of hydrogen-bond donors (Lipinski definition) is 1. The standard InChI is InChI=1S/C26H28N2O8/c1-15(2)35-25(30)14-21(20-7-5-6-8-22(20)28(32)33)27-24(29)12-11-19-16(3)18-10-9-17(34-4)13-23(18)36-26(19)31/h5-10,13,15,21H,11-12,14H2,1-4H3,(H,27,29). The van der Waals surface area contributed by atoms with Crippen molar-refractivity contribution in [1.29, 1.82) is 0 Å². The monoisotopic (exact) mass is 496 g/mol. The molecule has 3 rings (SSSR count). The molecule has 1 amide bonds. The van der Waals surface area contributed by atoms with Gasteiger partial charge in [-0.05, 0) is 44.9 Å². The van der Waals surface area contributed by atoms with Crippen molar-refractivity contribution in [1.82, 2.24) is 5.32 Å². The van der Waals surface area contributed by atoms with Gasteiger partial charge in [-0.3, -0.25) is 19.7 Å². The number of nitrogens with zero attached hydrogens (tertiary/aromatic N) is 1. The SMILES string of the molecule is COc1ccc2c(C)c(CCC(=O)NC(CC(=O)OC(C)C)c3ccccc3[N+](=O)[O-])c(=O)oc2c1. The number of esters is 1. The van der Waals surface area contributed by atoms with E-state index in [0.717, 1.165) is 5.39 Å². The number of benzene rings is 2. The molecule has 0 spiro atoms. The van der Waals surface area contributed by atoms with Crippen LogP contribution in [0.5, 0.6) is 5.75 Å². The first kappa shape index (κ1) is 26.4. The van der Waals surface area contributed by atoms with Crippen LogP contribution in [-0.2, 0) is 20.7 Å². The van der Waals surface area contributed by atoms with Crippen LogP contribution in [0.3, 0.4) is 0 Å². The van der Waals surface area contributed by atoms with Crippen molar-refractivity contribution in [3.63, 3.8) is 0 Å². The highest BCUT2D eigenvalue weighted by molar-refractivity contribution is 5.83. The molecule has 0 fully saturated rings. The molecular weight excluding hydrogens is 468 g/mol. The summed E-state index contributed by atoms with van der Waals surface area (Å²) >= 11 is 0. The van der Waals surface area contributed by atoms with Gasteiger partial charge < -0.3 is 19.2 Å². The molecule has 0 radical (unpaired) electrons. The number of rotatable bonds is 10. The maximum absolute atomic E-state index is 12.9. The van der Waals surface area contributed by atoms with Gasteiger partial charge in [0.05, 0.1) is 36.2 Å². The minimum Gasteiger partial charge on any atom is -0.497 e. The number of para-hydroxylation sites is 1. The van der Waals surface area contributed by atoms with E-state index in [2.05, 4.69) is 5.32 Å². The summed E-state index contributed by atoms with van der Waals surface area (Å²) in [5, 5.41) is 15.0. The second kappa shape index (κ2) is 11.5. The molecule has 1 aromatic heterocycles. The Labute approximate surface area is 207 Å². The van der Waals surface area contributed by atoms with E-state index in [1.807, 2.05) is 0 Å². The Kier molecular flexibility index (Phi) is 8.42. The van der Waals surface area contributed by atoms with E-state index in [-0.39, 0.29) is 36.6 Å². The van der Waals surface area contributed by atoms with Crippen LogP contribution < -0.4 is 15.7 Å². The lowest BCUT2D eigenvalue weighted by molar-refractivity contribution is -0.385. The minimum absolute atomic E-state index is 0.0853. The molecular formula is C26H28N2O8. The molecule has 0 aliphatic heterocycles. The number of aryl methyl sites for hydroxylation is 1. The fraction of sp³-hybridized carbons (Fsp3) is 0.346. The molecule has 0 saturated heterocycles. The van der Waals surface area contributed by atoms with E-state index in [4.69, 9.17) is 13.9 Å². The van der Waals surface area contributed by atoms with E-state index in [0.29, 0.717) is 22.5 Å². The van der Waals surface area contributed by atoms with Crippen LogP contribution in [0.2, 0.25) is 0 Å². The lowest BCUT2D eigenvalue weighted by atomic mass is 10.00. The molecule has 36 heavy (non-hydrogen) atoms. The summed E-state index contributed by atoms with van der Waals surface area (Å²) in [4.78, 5) is 48.8. The van der Waals surface area contributed by atoms with Crippen LogP contribution in [0.25, 0.3) is 11.0 Å². The minimum atomic E-state index is -0.980. The van der Waals surface area contributed by atoms with Crippen molar-refractivity contribution in [2.45, 2.75) is 52.2 Å². The predicted molar refractivity (Wildman–Crippen MR) is 132 cm³/mol. The van der Waals surface area contributed by atoms with Gasteiger partial charge in [-0.2, -0.15) is 0 Å². The van der Waals surface area contributed by atoms with Gasteiger partial charge in [-0.1, -0.05) is 18.2 Å². The van der Waals surface area contributed by atoms with Gasteiger partial charge in [-0.25, -0.2) is 4.79 Å². The maximum Gasteiger partial charge on any atom is 0.339 e. The van der Waals surface area contributed by atoms with Crippen molar-refractivity contribution in [2.24, 2.45) is 0 Å². The van der Waals surface area contributed by atoms with Crippen LogP contribution >= 0.6 is 0 Å². The van der Waals surface area contributed by atoms with Gasteiger partial charge >= 0.3 is 11.6 Å². The molecule has 1 N–H and O–H groups in total. The third-order valence-electron chi connectivity index (χ3n) is 5.68. The third-order valence-corrected chi connectivity index (χ3v) is 5.68. The molecule has 10 heteroatoms. The van der Waals surface area contributed by atoms with Crippen molar-refractivity contribution in [3.05, 3.63) is 79.7 Å². The quantitative estimate of drug-likeness (QED) is 0.191. The number of ether oxygens (including phenoxy) is 2. The second-order valence-corrected chi connectivity index (χ2v) is 8.53. The van der Waals surface area contributed by atoms with Crippen molar-refractivity contribution >= 4 is 28.5 Å². The largest absolute Gasteiger partial charge is 0.497 e. The Morgan fingerprint density at radius 2 is 1.89 bits per heavy atom. The van der Waals surface area contributed by atoms with E-state index < -0.39 is 28.5 Å². The van der Waals surface area contributed by atoms with E-state index in [1.54, 1.807) is 45.0 Å². The average molecular weight is 497 g/mol. The summed E-state index contributed by atoms with van der Waals surface area (Å²) in [5.74, 6) is -0.534. The molecule has 190 valence electrons. The fourth-order valence-corrected chi connectivity index (χ4v) is 3.96. The molecule has 2 aromatic carbocycles. The lowest BCUT2D eigenvalue weighted by Gasteiger charge is -2.19. The van der Waals surface area contributed by atoms with E-state index >= 15 is 0 Å². The first-order valence-electron chi connectivity index (χ1n) is 11.4. The molecule has 0 aliphatic rings. The van der Waals surface area contributed by atoms with Gasteiger partial charge in [0.2, 0.25) is 5.91 Å². The van der Waals surface area contributed by atoms with Crippen LogP contribution in [0.4, 0.5) is 5.69 Å². The van der Waals surface area contributed by atoms with Gasteiger partial charge in [0, 0.05) is 29.5 Å². The van der Waals surface area contributed by atoms with E-state index in [9.17, 15) is 24.5 Å². The molecule has 0 aliphatic carbocycles. The second-order valence-electron chi connectivity index (χ2n) is 8.53. The average Bonchev–Trinajstić information content (AvgIpc) is 2.82. The Balaban J connectivity index is 1.82. The van der Waals surface area contributed by atoms with Gasteiger partial charge in [0.25, 0.3) is 5.69 Å². The van der Waals surface area contributed by atoms with E-state index in [1.165, 1.54) is 25.3 Å². The molecule has 1 heterocycles. The topological polar surface area (TPSA) is 138 Å². The number of fused-ring (bicyclic) bond motifs is 1. The summed E-state index contributed by atoms with van der Waals surface area (Å²) in [6, 6.07) is 10.1. The predicted octanol–water partition coefficient (Wildman–Crippen LogP) is 4.15. The number of carbonyl (C=O) groups excluding carboxylic acids is 2. The summed E-state index contributed by atoms with van der Waals surface area (Å²) in [6.07, 6.45) is -0.672. The fourth-order valence-electron chi connectivity index (χ4n) is 3.96. The number of nitro benzene ring substituents is 1. The Morgan fingerprint density at radius 3 is 2.56 bits per heavy atom. The summed E-state index contributed by atoms with van der Waals surface area (Å²) in [6.45, 7) is 5.14. The molecule has 10 nitrogen and oxygen atoms in total. The number of amides is 1. The van der Waals surface area contributed by atoms with Crippen LogP contribution in [0.1, 0.15) is 49.4 Å². The highest BCUT2D eigenvalue weighted by Gasteiger charge is 2.27. The highest BCUT2D eigenvalue weighted by Crippen LogP contribution is 2.28. The normalized spacial score (nSPS) is 11.8. The molecule has 0 bridgehead atoms. The zero-order valence-electron chi connectivity index (χ0n) is 20.5. The number of hydrogen-bond acceptors (Lipinski definition) is 8. The van der Waals surface area contributed by atoms with Crippen LogP contribution in [0.15, 0.2) is 51.7 Å². The lowest BCUT2D eigenvalue weighted by Crippen LogP contribution is -2.32. The smallest absolute Gasteiger partial charge is 0.339 e. The van der Waals surface area contributed by atoms with Crippen molar-refractivity contribution in [3.8, 4) is 5.75 Å². The number of nitrogens with one attached hydrogen (secondary N) is 1. The van der Waals surface area contributed by atoms with Gasteiger partial charge in [0.1, 0.15) is 11.3 Å².